The smallest absolute Gasteiger partial charge is 0.310 e. The monoisotopic (exact) mass is 388 g/mol. The van der Waals surface area contributed by atoms with Gasteiger partial charge < -0.3 is 14.9 Å². The quantitative estimate of drug-likeness (QED) is 0.717. The van der Waals surface area contributed by atoms with E-state index in [9.17, 15) is 19.8 Å². The summed E-state index contributed by atoms with van der Waals surface area (Å²) in [7, 11) is 1.68. The first-order valence-electron chi connectivity index (χ1n) is 10.6. The molecule has 0 aromatic heterocycles. The van der Waals surface area contributed by atoms with E-state index in [0.29, 0.717) is 18.8 Å². The van der Waals surface area contributed by atoms with Crippen LogP contribution in [0.1, 0.15) is 58.8 Å². The standard InChI is InChI=1S/C23H32O5/c1-13(25)17-4-5-19-16-10-14(12-24)20-11-15(28-3)6-8-22(20,2)18(16)7-9-23(17,19)21(26)27/h11-13,16-19,25H,4-10H2,1-3H3,(H,26,27)/t13?,16-,17-,18+,19+,22-,23+/m1/s1. The summed E-state index contributed by atoms with van der Waals surface area (Å²) >= 11 is 0. The first kappa shape index (κ1) is 19.7. The van der Waals surface area contributed by atoms with E-state index in [2.05, 4.69) is 13.0 Å². The van der Waals surface area contributed by atoms with Crippen LogP contribution in [0.25, 0.3) is 0 Å². The molecule has 2 fully saturated rings. The highest BCUT2D eigenvalue weighted by atomic mass is 16.5. The zero-order valence-corrected chi connectivity index (χ0v) is 17.1. The number of carbonyl (C=O) groups is 2. The van der Waals surface area contributed by atoms with E-state index in [-0.39, 0.29) is 23.2 Å². The summed E-state index contributed by atoms with van der Waals surface area (Å²) in [6.07, 6.45) is 7.95. The Hall–Kier alpha value is -1.62. The first-order valence-corrected chi connectivity index (χ1v) is 10.6. The van der Waals surface area contributed by atoms with Crippen LogP contribution in [0.4, 0.5) is 0 Å². The lowest BCUT2D eigenvalue weighted by Crippen LogP contribution is -2.55. The Kier molecular flexibility index (Phi) is 4.72. The fourth-order valence-corrected chi connectivity index (χ4v) is 7.57. The third kappa shape index (κ3) is 2.47. The van der Waals surface area contributed by atoms with Crippen molar-refractivity contribution in [1.82, 2.24) is 0 Å². The molecule has 4 aliphatic carbocycles. The van der Waals surface area contributed by atoms with Gasteiger partial charge in [0.1, 0.15) is 6.29 Å². The number of allylic oxidation sites excluding steroid dienone is 4. The van der Waals surface area contributed by atoms with Crippen LogP contribution in [0, 0.1) is 34.5 Å². The highest BCUT2D eigenvalue weighted by Gasteiger charge is 2.64. The summed E-state index contributed by atoms with van der Waals surface area (Å²) < 4.78 is 5.48. The van der Waals surface area contributed by atoms with Crippen molar-refractivity contribution in [2.75, 3.05) is 7.11 Å². The number of rotatable bonds is 4. The lowest BCUT2D eigenvalue weighted by atomic mass is 9.46. The number of carboxylic acid groups (broad SMARTS) is 1. The van der Waals surface area contributed by atoms with Crippen LogP contribution in [0.3, 0.4) is 0 Å². The van der Waals surface area contributed by atoms with Gasteiger partial charge in [-0.3, -0.25) is 9.59 Å². The van der Waals surface area contributed by atoms with Crippen molar-refractivity contribution in [3.8, 4) is 0 Å². The number of fused-ring (bicyclic) bond motifs is 5. The minimum atomic E-state index is -0.848. The molecule has 0 bridgehead atoms. The van der Waals surface area contributed by atoms with Gasteiger partial charge in [0.2, 0.25) is 0 Å². The fraction of sp³-hybridized carbons (Fsp3) is 0.739. The molecule has 2 N–H and O–H groups in total. The van der Waals surface area contributed by atoms with E-state index in [1.54, 1.807) is 14.0 Å². The molecule has 28 heavy (non-hydrogen) atoms. The Morgan fingerprint density at radius 2 is 2.04 bits per heavy atom. The molecule has 0 spiro atoms. The van der Waals surface area contributed by atoms with Gasteiger partial charge in [-0.1, -0.05) is 6.92 Å². The number of hydrogen-bond donors (Lipinski definition) is 2. The molecular formula is C23H32O5. The minimum Gasteiger partial charge on any atom is -0.501 e. The van der Waals surface area contributed by atoms with Crippen molar-refractivity contribution < 1.29 is 24.5 Å². The molecule has 0 aromatic rings. The Morgan fingerprint density at radius 1 is 1.29 bits per heavy atom. The Labute approximate surface area is 166 Å². The van der Waals surface area contributed by atoms with Gasteiger partial charge in [0.15, 0.2) is 0 Å². The molecule has 154 valence electrons. The molecule has 7 atom stereocenters. The number of hydrogen-bond acceptors (Lipinski definition) is 4. The third-order valence-electron chi connectivity index (χ3n) is 8.83. The Balaban J connectivity index is 1.79. The highest BCUT2D eigenvalue weighted by Crippen LogP contribution is 2.67. The minimum absolute atomic E-state index is 0.0319. The normalized spacial score (nSPS) is 43.4. The van der Waals surface area contributed by atoms with Gasteiger partial charge in [0.05, 0.1) is 24.4 Å². The average Bonchev–Trinajstić information content (AvgIpc) is 3.08. The van der Waals surface area contributed by atoms with Crippen molar-refractivity contribution in [1.29, 1.82) is 0 Å². The SMILES string of the molecule is COC1=CC2=C(C=O)C[C@H]3[C@@H]4CC[C@H](C(C)O)[C@@]4(C(=O)O)CC[C@@H]3[C@@]2(C)CC1. The summed E-state index contributed by atoms with van der Waals surface area (Å²) in [6, 6.07) is 0. The van der Waals surface area contributed by atoms with Crippen molar-refractivity contribution in [3.63, 3.8) is 0 Å². The van der Waals surface area contributed by atoms with Crippen molar-refractivity contribution in [2.24, 2.45) is 34.5 Å². The number of aldehydes is 1. The highest BCUT2D eigenvalue weighted by molar-refractivity contribution is 5.79. The van der Waals surface area contributed by atoms with Crippen LogP contribution < -0.4 is 0 Å². The number of carboxylic acids is 1. The first-order chi connectivity index (χ1) is 13.3. The second-order valence-electron chi connectivity index (χ2n) is 9.68. The zero-order valence-electron chi connectivity index (χ0n) is 17.1. The summed E-state index contributed by atoms with van der Waals surface area (Å²) in [4.78, 5) is 24.5. The van der Waals surface area contributed by atoms with E-state index < -0.39 is 17.5 Å². The molecule has 2 saturated carbocycles. The lowest BCUT2D eigenvalue weighted by molar-refractivity contribution is -0.168. The maximum absolute atomic E-state index is 12.5. The van der Waals surface area contributed by atoms with Crippen LogP contribution >= 0.6 is 0 Å². The van der Waals surface area contributed by atoms with E-state index in [0.717, 1.165) is 55.3 Å². The molecule has 5 nitrogen and oxygen atoms in total. The van der Waals surface area contributed by atoms with Gasteiger partial charge in [-0.25, -0.2) is 0 Å². The maximum Gasteiger partial charge on any atom is 0.310 e. The fourth-order valence-electron chi connectivity index (χ4n) is 7.57. The molecule has 0 aliphatic heterocycles. The average molecular weight is 389 g/mol. The van der Waals surface area contributed by atoms with Crippen molar-refractivity contribution in [2.45, 2.75) is 64.9 Å². The van der Waals surface area contributed by atoms with Crippen LogP contribution in [0.15, 0.2) is 23.0 Å². The van der Waals surface area contributed by atoms with Gasteiger partial charge in [0.25, 0.3) is 0 Å². The Bertz CT molecular complexity index is 750. The predicted octanol–water partition coefficient (Wildman–Crippen LogP) is 3.72. The maximum atomic E-state index is 12.5. The molecule has 0 radical (unpaired) electrons. The number of ether oxygens (including phenoxy) is 1. The number of methoxy groups -OCH3 is 1. The third-order valence-corrected chi connectivity index (χ3v) is 8.83. The van der Waals surface area contributed by atoms with Gasteiger partial charge in [-0.15, -0.1) is 0 Å². The number of aliphatic hydroxyl groups excluding tert-OH is 1. The topological polar surface area (TPSA) is 83.8 Å². The molecule has 5 heteroatoms. The van der Waals surface area contributed by atoms with E-state index in [1.807, 2.05) is 0 Å². The molecule has 1 unspecified atom stereocenters. The zero-order chi connectivity index (χ0) is 20.3. The van der Waals surface area contributed by atoms with E-state index in [1.165, 1.54) is 0 Å². The summed E-state index contributed by atoms with van der Waals surface area (Å²) in [5.74, 6) is 0.587. The van der Waals surface area contributed by atoms with Crippen LogP contribution in [-0.4, -0.2) is 35.7 Å². The van der Waals surface area contributed by atoms with Gasteiger partial charge >= 0.3 is 5.97 Å². The molecule has 0 saturated heterocycles. The predicted molar refractivity (Wildman–Crippen MR) is 104 cm³/mol. The van der Waals surface area contributed by atoms with Gasteiger partial charge in [-0.05, 0) is 85.8 Å². The second kappa shape index (κ2) is 6.72. The molecule has 4 aliphatic rings. The second-order valence-corrected chi connectivity index (χ2v) is 9.68. The number of carbonyl (C=O) groups excluding carboxylic acids is 1. The van der Waals surface area contributed by atoms with Gasteiger partial charge in [0, 0.05) is 12.3 Å². The van der Waals surface area contributed by atoms with Gasteiger partial charge in [-0.2, -0.15) is 0 Å². The number of aliphatic hydroxyl groups is 1. The summed E-state index contributed by atoms with van der Waals surface area (Å²) in [6.45, 7) is 4.00. The van der Waals surface area contributed by atoms with E-state index >= 15 is 0 Å². The molecule has 0 amide bonds. The van der Waals surface area contributed by atoms with Crippen LogP contribution in [-0.2, 0) is 14.3 Å². The largest absolute Gasteiger partial charge is 0.501 e. The van der Waals surface area contributed by atoms with E-state index in [4.69, 9.17) is 4.74 Å². The van der Waals surface area contributed by atoms with Crippen molar-refractivity contribution >= 4 is 12.3 Å². The van der Waals surface area contributed by atoms with Crippen LogP contribution in [0.5, 0.6) is 0 Å². The molecule has 0 aromatic carbocycles. The van der Waals surface area contributed by atoms with Crippen LogP contribution in [0.2, 0.25) is 0 Å². The molecule has 0 heterocycles. The summed E-state index contributed by atoms with van der Waals surface area (Å²) in [5, 5.41) is 20.6. The van der Waals surface area contributed by atoms with Crippen molar-refractivity contribution in [3.05, 3.63) is 23.0 Å². The molecule has 4 rings (SSSR count). The Morgan fingerprint density at radius 3 is 2.64 bits per heavy atom. The molecular weight excluding hydrogens is 356 g/mol. The lowest BCUT2D eigenvalue weighted by Gasteiger charge is -2.57. The summed E-state index contributed by atoms with van der Waals surface area (Å²) in [5.41, 5.74) is 0.980. The number of aliphatic carboxylic acids is 1.